The lowest BCUT2D eigenvalue weighted by atomic mass is 9.99. The summed E-state index contributed by atoms with van der Waals surface area (Å²) >= 11 is 0. The first-order valence-electron chi connectivity index (χ1n) is 13.0. The molecule has 16 nitrogen and oxygen atoms in total. The number of aromatic amines is 1. The van der Waals surface area contributed by atoms with Crippen molar-refractivity contribution in [2.75, 3.05) is 13.2 Å². The number of benzene rings is 1. The van der Waals surface area contributed by atoms with Gasteiger partial charge in [0.05, 0.1) is 6.61 Å². The molecule has 5 rings (SSSR count). The third-order valence-electron chi connectivity index (χ3n) is 7.07. The molecule has 42 heavy (non-hydrogen) atoms. The summed E-state index contributed by atoms with van der Waals surface area (Å²) < 4.78 is 18.4. The zero-order valence-corrected chi connectivity index (χ0v) is 22.5. The SMILES string of the molecule is Cn1c(=O)c2[nH]c(CCCNC(=O)c3cc4ccc(O[C@@H]5O[C@H](CO)[C@@H](O)[C@H](O)[C@H]5O)cc4oc3=O)nc2n(C)c1=O. The van der Waals surface area contributed by atoms with Crippen molar-refractivity contribution in [2.45, 2.75) is 43.5 Å². The van der Waals surface area contributed by atoms with Gasteiger partial charge in [0, 0.05) is 38.5 Å². The molecule has 1 amide bonds. The van der Waals surface area contributed by atoms with E-state index in [9.17, 15) is 39.6 Å². The molecule has 0 unspecified atom stereocenters. The molecule has 0 bridgehead atoms. The Balaban J connectivity index is 1.22. The fraction of sp³-hybridized carbons (Fsp3) is 0.423. The predicted molar refractivity (Wildman–Crippen MR) is 144 cm³/mol. The van der Waals surface area contributed by atoms with Crippen LogP contribution < -0.4 is 26.9 Å². The predicted octanol–water partition coefficient (Wildman–Crippen LogP) is -2.39. The maximum absolute atomic E-state index is 12.7. The molecule has 1 aromatic carbocycles. The van der Waals surface area contributed by atoms with E-state index in [0.717, 1.165) is 4.57 Å². The van der Waals surface area contributed by atoms with Crippen molar-refractivity contribution >= 4 is 28.0 Å². The van der Waals surface area contributed by atoms with Gasteiger partial charge >= 0.3 is 11.3 Å². The van der Waals surface area contributed by atoms with Gasteiger partial charge in [-0.05, 0) is 24.6 Å². The van der Waals surface area contributed by atoms with E-state index in [2.05, 4.69) is 15.3 Å². The van der Waals surface area contributed by atoms with Gasteiger partial charge < -0.3 is 44.6 Å². The van der Waals surface area contributed by atoms with Gasteiger partial charge in [-0.1, -0.05) is 0 Å². The third kappa shape index (κ3) is 5.33. The molecule has 1 saturated heterocycles. The van der Waals surface area contributed by atoms with Crippen LogP contribution in [0.3, 0.4) is 0 Å². The summed E-state index contributed by atoms with van der Waals surface area (Å²) in [5, 5.41) is 42.4. The van der Waals surface area contributed by atoms with Crippen molar-refractivity contribution < 1.29 is 39.1 Å². The van der Waals surface area contributed by atoms with E-state index in [1.165, 1.54) is 42.9 Å². The maximum Gasteiger partial charge on any atom is 0.349 e. The fourth-order valence-electron chi connectivity index (χ4n) is 4.67. The molecule has 0 aliphatic carbocycles. The van der Waals surface area contributed by atoms with Gasteiger partial charge in [-0.2, -0.15) is 0 Å². The smallest absolute Gasteiger partial charge is 0.349 e. The van der Waals surface area contributed by atoms with E-state index < -0.39 is 60.1 Å². The summed E-state index contributed by atoms with van der Waals surface area (Å²) in [6.07, 6.45) is -6.59. The number of amides is 1. The molecule has 1 fully saturated rings. The largest absolute Gasteiger partial charge is 0.462 e. The van der Waals surface area contributed by atoms with Crippen LogP contribution in [0.2, 0.25) is 0 Å². The Bertz CT molecular complexity index is 1820. The minimum Gasteiger partial charge on any atom is -0.462 e. The fourth-order valence-corrected chi connectivity index (χ4v) is 4.67. The Morgan fingerprint density at radius 1 is 1.10 bits per heavy atom. The summed E-state index contributed by atoms with van der Waals surface area (Å²) in [7, 11) is 2.89. The van der Waals surface area contributed by atoms with Crippen molar-refractivity contribution in [3.05, 3.63) is 66.9 Å². The van der Waals surface area contributed by atoms with E-state index in [1.54, 1.807) is 0 Å². The molecule has 1 aliphatic rings. The molecule has 6 N–H and O–H groups in total. The Morgan fingerprint density at radius 3 is 2.60 bits per heavy atom. The van der Waals surface area contributed by atoms with E-state index >= 15 is 0 Å². The Morgan fingerprint density at radius 2 is 1.86 bits per heavy atom. The van der Waals surface area contributed by atoms with Gasteiger partial charge in [0.15, 0.2) is 5.65 Å². The van der Waals surface area contributed by atoms with E-state index in [-0.39, 0.29) is 34.6 Å². The lowest BCUT2D eigenvalue weighted by Gasteiger charge is -2.39. The summed E-state index contributed by atoms with van der Waals surface area (Å²) in [4.78, 5) is 56.9. The van der Waals surface area contributed by atoms with Gasteiger partial charge in [0.2, 0.25) is 6.29 Å². The monoisotopic (exact) mass is 587 g/mol. The van der Waals surface area contributed by atoms with Crippen LogP contribution in [0, 0.1) is 0 Å². The highest BCUT2D eigenvalue weighted by Crippen LogP contribution is 2.26. The van der Waals surface area contributed by atoms with Crippen molar-refractivity contribution in [1.82, 2.24) is 24.4 Å². The number of hydrogen-bond acceptors (Lipinski definition) is 12. The average Bonchev–Trinajstić information content (AvgIpc) is 3.41. The second kappa shape index (κ2) is 11.5. The number of nitrogens with zero attached hydrogens (tertiary/aromatic N) is 3. The number of rotatable bonds is 8. The summed E-state index contributed by atoms with van der Waals surface area (Å²) in [5.74, 6) is -0.103. The minimum atomic E-state index is -1.62. The number of fused-ring (bicyclic) bond motifs is 2. The lowest BCUT2D eigenvalue weighted by molar-refractivity contribution is -0.277. The number of aliphatic hydroxyl groups is 4. The van der Waals surface area contributed by atoms with E-state index in [1.807, 2.05) is 0 Å². The number of imidazole rings is 1. The number of hydrogen-bond donors (Lipinski definition) is 6. The van der Waals surface area contributed by atoms with Crippen LogP contribution in [0.15, 0.2) is 43.1 Å². The highest BCUT2D eigenvalue weighted by molar-refractivity contribution is 5.96. The number of H-pyrrole nitrogens is 1. The summed E-state index contributed by atoms with van der Waals surface area (Å²) in [5.41, 5.74) is -1.61. The maximum atomic E-state index is 12.7. The summed E-state index contributed by atoms with van der Waals surface area (Å²) in [6.45, 7) is -0.443. The van der Waals surface area contributed by atoms with Crippen LogP contribution in [-0.2, 0) is 25.3 Å². The van der Waals surface area contributed by atoms with Gasteiger partial charge in [0.1, 0.15) is 52.7 Å². The van der Waals surface area contributed by atoms with Crippen LogP contribution in [-0.4, -0.2) is 89.3 Å². The van der Waals surface area contributed by atoms with Crippen LogP contribution in [0.25, 0.3) is 22.1 Å². The standard InChI is InChI=1S/C26H29N5O11/c1-30-21-17(23(37)31(2)26(30)39)28-16(29-21)4-3-7-27-22(36)13-8-11-5-6-12(9-14(11)41-24(13)38)40-25-20(35)19(34)18(33)15(10-32)42-25/h5-6,8-9,15,18-20,25,32-35H,3-4,7,10H2,1-2H3,(H,27,36)(H,28,29)/t15-,18-,19+,20-,25-/m1/s1. The zero-order valence-electron chi connectivity index (χ0n) is 22.5. The van der Waals surface area contributed by atoms with Crippen LogP contribution in [0.5, 0.6) is 5.75 Å². The van der Waals surface area contributed by atoms with Crippen molar-refractivity contribution in [3.63, 3.8) is 0 Å². The molecule has 16 heteroatoms. The number of carbonyl (C=O) groups is 1. The lowest BCUT2D eigenvalue weighted by Crippen LogP contribution is -2.60. The van der Waals surface area contributed by atoms with Crippen molar-refractivity contribution in [1.29, 1.82) is 0 Å². The molecule has 0 saturated carbocycles. The highest BCUT2D eigenvalue weighted by atomic mass is 16.7. The Hall–Kier alpha value is -4.35. The number of ether oxygens (including phenoxy) is 2. The number of aryl methyl sites for hydroxylation is 2. The molecular formula is C26H29N5O11. The Labute approximate surface area is 235 Å². The van der Waals surface area contributed by atoms with Gasteiger partial charge in [-0.3, -0.25) is 18.7 Å². The molecule has 5 atom stereocenters. The number of aromatic nitrogens is 4. The van der Waals surface area contributed by atoms with E-state index in [4.69, 9.17) is 13.9 Å². The first-order valence-corrected chi connectivity index (χ1v) is 13.0. The number of aliphatic hydroxyl groups excluding tert-OH is 4. The van der Waals surface area contributed by atoms with E-state index in [0.29, 0.717) is 24.1 Å². The molecule has 4 heterocycles. The summed E-state index contributed by atoms with van der Waals surface area (Å²) in [6, 6.07) is 5.65. The van der Waals surface area contributed by atoms with Crippen LogP contribution in [0.4, 0.5) is 0 Å². The van der Waals surface area contributed by atoms with Gasteiger partial charge in [-0.25, -0.2) is 14.6 Å². The molecule has 224 valence electrons. The normalized spacial score (nSPS) is 22.5. The molecule has 0 spiro atoms. The molecule has 1 aliphatic heterocycles. The molecule has 4 aromatic rings. The highest BCUT2D eigenvalue weighted by Gasteiger charge is 2.44. The quantitative estimate of drug-likeness (QED) is 0.0936. The van der Waals surface area contributed by atoms with Crippen LogP contribution in [0.1, 0.15) is 22.6 Å². The topological polar surface area (TPSA) is 231 Å². The first kappa shape index (κ1) is 29.2. The second-order valence-corrected chi connectivity index (χ2v) is 9.91. The van der Waals surface area contributed by atoms with Crippen molar-refractivity contribution in [2.24, 2.45) is 14.1 Å². The number of carbonyl (C=O) groups excluding carboxylic acids is 1. The zero-order chi connectivity index (χ0) is 30.3. The third-order valence-corrected chi connectivity index (χ3v) is 7.07. The minimum absolute atomic E-state index is 0.0732. The molecule has 0 radical (unpaired) electrons. The second-order valence-electron chi connectivity index (χ2n) is 9.91. The van der Waals surface area contributed by atoms with Crippen LogP contribution >= 0.6 is 0 Å². The van der Waals surface area contributed by atoms with Crippen molar-refractivity contribution in [3.8, 4) is 5.75 Å². The Kier molecular flexibility index (Phi) is 7.98. The number of nitrogens with one attached hydrogen (secondary N) is 2. The first-order chi connectivity index (χ1) is 20.0. The average molecular weight is 588 g/mol. The van der Waals surface area contributed by atoms with Gasteiger partial charge in [0.25, 0.3) is 11.5 Å². The van der Waals surface area contributed by atoms with Gasteiger partial charge in [-0.15, -0.1) is 0 Å². The molecular weight excluding hydrogens is 558 g/mol. The molecule has 3 aromatic heterocycles.